The van der Waals surface area contributed by atoms with Crippen molar-refractivity contribution in [3.05, 3.63) is 42.7 Å². The largest absolute Gasteiger partial charge is 0.500 e. The van der Waals surface area contributed by atoms with E-state index in [1.807, 2.05) is 0 Å². The molecule has 21 heavy (non-hydrogen) atoms. The highest BCUT2D eigenvalue weighted by atomic mass is 32.2. The van der Waals surface area contributed by atoms with Crippen LogP contribution in [-0.2, 0) is 19.6 Å². The van der Waals surface area contributed by atoms with Crippen molar-refractivity contribution >= 4 is 15.9 Å². The number of amides is 1. The Morgan fingerprint density at radius 3 is 2.67 bits per heavy atom. The second-order valence-corrected chi connectivity index (χ2v) is 6.48. The second-order valence-electron chi connectivity index (χ2n) is 4.71. The molecule has 1 aliphatic heterocycles. The van der Waals surface area contributed by atoms with Crippen molar-refractivity contribution in [2.24, 2.45) is 0 Å². The summed E-state index contributed by atoms with van der Waals surface area (Å²) in [5.74, 6) is 0.142. The van der Waals surface area contributed by atoms with Crippen LogP contribution >= 0.6 is 0 Å². The van der Waals surface area contributed by atoms with Gasteiger partial charge in [-0.2, -0.15) is 0 Å². The molecule has 7 heteroatoms. The lowest BCUT2D eigenvalue weighted by atomic mass is 9.99. The van der Waals surface area contributed by atoms with Crippen molar-refractivity contribution < 1.29 is 17.9 Å². The van der Waals surface area contributed by atoms with Gasteiger partial charge in [0.05, 0.1) is 11.2 Å². The van der Waals surface area contributed by atoms with Crippen LogP contribution in [0.4, 0.5) is 0 Å². The molecule has 1 heterocycles. The predicted molar refractivity (Wildman–Crippen MR) is 78.1 cm³/mol. The molecule has 6 nitrogen and oxygen atoms in total. The number of ether oxygens (including phenoxy) is 1. The summed E-state index contributed by atoms with van der Waals surface area (Å²) in [6.45, 7) is 4.39. The van der Waals surface area contributed by atoms with Gasteiger partial charge in [0.1, 0.15) is 6.61 Å². The second kappa shape index (κ2) is 6.73. The summed E-state index contributed by atoms with van der Waals surface area (Å²) in [6, 6.07) is 6.60. The molecule has 1 fully saturated rings. The number of carbonyl (C=O) groups is 1. The van der Waals surface area contributed by atoms with Gasteiger partial charge in [-0.05, 0) is 17.7 Å². The molecule has 1 saturated heterocycles. The number of sulfonamides is 1. The van der Waals surface area contributed by atoms with E-state index in [1.165, 1.54) is 6.26 Å². The maximum Gasteiger partial charge on any atom is 0.240 e. The Morgan fingerprint density at radius 2 is 2.10 bits per heavy atom. The summed E-state index contributed by atoms with van der Waals surface area (Å²) in [5.41, 5.74) is 0.960. The fraction of sp³-hybridized carbons (Fsp3) is 0.357. The van der Waals surface area contributed by atoms with Crippen LogP contribution in [0.2, 0.25) is 0 Å². The van der Waals surface area contributed by atoms with Crippen molar-refractivity contribution in [3.8, 4) is 0 Å². The molecule has 2 rings (SSSR count). The van der Waals surface area contributed by atoms with Crippen molar-refractivity contribution in [3.63, 3.8) is 0 Å². The van der Waals surface area contributed by atoms with E-state index in [0.29, 0.717) is 13.0 Å². The maximum atomic E-state index is 12.0. The Kier molecular flexibility index (Phi) is 4.98. The van der Waals surface area contributed by atoms with Crippen LogP contribution in [0.25, 0.3) is 0 Å². The summed E-state index contributed by atoms with van der Waals surface area (Å²) in [6.07, 6.45) is 1.71. The smallest absolute Gasteiger partial charge is 0.240 e. The first-order valence-electron chi connectivity index (χ1n) is 6.62. The van der Waals surface area contributed by atoms with Gasteiger partial charge >= 0.3 is 0 Å². The summed E-state index contributed by atoms with van der Waals surface area (Å²) < 4.78 is 31.3. The number of hydrogen-bond acceptors (Lipinski definition) is 4. The highest BCUT2D eigenvalue weighted by Gasteiger charge is 2.23. The molecule has 2 N–H and O–H groups in total. The normalized spacial score (nSPS) is 18.3. The average molecular weight is 310 g/mol. The Bertz CT molecular complexity index is 610. The molecule has 1 aliphatic rings. The van der Waals surface area contributed by atoms with Gasteiger partial charge in [0.2, 0.25) is 15.9 Å². The molecule has 1 aromatic carbocycles. The third-order valence-electron chi connectivity index (χ3n) is 3.27. The quantitative estimate of drug-likeness (QED) is 0.574. The zero-order valence-corrected chi connectivity index (χ0v) is 12.4. The lowest BCUT2D eigenvalue weighted by Gasteiger charge is -2.10. The van der Waals surface area contributed by atoms with Crippen LogP contribution in [0, 0.1) is 0 Å². The molecule has 114 valence electrons. The van der Waals surface area contributed by atoms with Gasteiger partial charge in [-0.25, -0.2) is 13.1 Å². The molecule has 0 unspecified atom stereocenters. The van der Waals surface area contributed by atoms with E-state index in [9.17, 15) is 13.2 Å². The van der Waals surface area contributed by atoms with Crippen molar-refractivity contribution in [1.82, 2.24) is 10.0 Å². The van der Waals surface area contributed by atoms with Crippen LogP contribution < -0.4 is 10.0 Å². The van der Waals surface area contributed by atoms with Crippen molar-refractivity contribution in [2.75, 3.05) is 19.7 Å². The van der Waals surface area contributed by atoms with E-state index in [-0.39, 0.29) is 29.9 Å². The molecular formula is C14H18N2O4S. The van der Waals surface area contributed by atoms with Gasteiger partial charge in [0.25, 0.3) is 0 Å². The van der Waals surface area contributed by atoms with Gasteiger partial charge in [0.15, 0.2) is 0 Å². The lowest BCUT2D eigenvalue weighted by molar-refractivity contribution is -0.119. The Hall–Kier alpha value is -1.86. The Labute approximate surface area is 124 Å². The molecule has 1 amide bonds. The maximum absolute atomic E-state index is 12.0. The molecule has 0 saturated carbocycles. The fourth-order valence-electron chi connectivity index (χ4n) is 2.16. The molecule has 0 aromatic heterocycles. The molecule has 0 spiro atoms. The van der Waals surface area contributed by atoms with E-state index >= 15 is 0 Å². The number of benzene rings is 1. The van der Waals surface area contributed by atoms with Crippen LogP contribution in [-0.4, -0.2) is 34.0 Å². The van der Waals surface area contributed by atoms with Crippen molar-refractivity contribution in [2.45, 2.75) is 17.2 Å². The van der Waals surface area contributed by atoms with Gasteiger partial charge < -0.3 is 10.1 Å². The van der Waals surface area contributed by atoms with Crippen LogP contribution in [0.15, 0.2) is 42.0 Å². The van der Waals surface area contributed by atoms with Gasteiger partial charge in [-0.15, -0.1) is 0 Å². The zero-order chi connectivity index (χ0) is 15.3. The molecule has 0 bridgehead atoms. The molecule has 0 radical (unpaired) electrons. The van der Waals surface area contributed by atoms with E-state index in [2.05, 4.69) is 16.6 Å². The Balaban J connectivity index is 2.00. The topological polar surface area (TPSA) is 84.5 Å². The van der Waals surface area contributed by atoms with E-state index in [1.54, 1.807) is 24.3 Å². The highest BCUT2D eigenvalue weighted by Crippen LogP contribution is 2.24. The van der Waals surface area contributed by atoms with Crippen LogP contribution in [0.3, 0.4) is 0 Å². The number of carbonyl (C=O) groups excluding carboxylic acids is 1. The first-order chi connectivity index (χ1) is 10.0. The third-order valence-corrected chi connectivity index (χ3v) is 4.75. The first kappa shape index (κ1) is 15.5. The monoisotopic (exact) mass is 310 g/mol. The van der Waals surface area contributed by atoms with E-state index < -0.39 is 10.0 Å². The zero-order valence-electron chi connectivity index (χ0n) is 11.5. The van der Waals surface area contributed by atoms with Crippen molar-refractivity contribution in [1.29, 1.82) is 0 Å². The fourth-order valence-corrected chi connectivity index (χ4v) is 3.17. The molecule has 0 aliphatic carbocycles. The number of nitrogens with one attached hydrogen (secondary N) is 2. The third kappa shape index (κ3) is 4.05. The summed E-state index contributed by atoms with van der Waals surface area (Å²) in [5, 5.41) is 2.76. The SMILES string of the molecule is C=COCCNS(=O)(=O)c1ccc([C@@H]2CNC(=O)C2)cc1. The molecular weight excluding hydrogens is 292 g/mol. The highest BCUT2D eigenvalue weighted by molar-refractivity contribution is 7.89. The number of hydrogen-bond donors (Lipinski definition) is 2. The van der Waals surface area contributed by atoms with Gasteiger partial charge in [-0.1, -0.05) is 18.7 Å². The van der Waals surface area contributed by atoms with E-state index in [0.717, 1.165) is 5.56 Å². The average Bonchev–Trinajstić information content (AvgIpc) is 2.90. The molecule has 1 atom stereocenters. The summed E-state index contributed by atoms with van der Waals surface area (Å²) in [4.78, 5) is 11.4. The lowest BCUT2D eigenvalue weighted by Crippen LogP contribution is -2.27. The first-order valence-corrected chi connectivity index (χ1v) is 8.10. The minimum Gasteiger partial charge on any atom is -0.500 e. The van der Waals surface area contributed by atoms with Gasteiger partial charge in [-0.3, -0.25) is 4.79 Å². The number of rotatable bonds is 7. The van der Waals surface area contributed by atoms with Crippen LogP contribution in [0.1, 0.15) is 17.9 Å². The standard InChI is InChI=1S/C14H18N2O4S/c1-2-20-8-7-16-21(18,19)13-5-3-11(4-6-13)12-9-14(17)15-10-12/h2-6,12,16H,1,7-10H2,(H,15,17)/t12-/m0/s1. The minimum atomic E-state index is -3.54. The summed E-state index contributed by atoms with van der Waals surface area (Å²) in [7, 11) is -3.54. The Morgan fingerprint density at radius 1 is 1.38 bits per heavy atom. The molecule has 1 aromatic rings. The van der Waals surface area contributed by atoms with Gasteiger partial charge in [0, 0.05) is 25.4 Å². The minimum absolute atomic E-state index is 0.0283. The van der Waals surface area contributed by atoms with Crippen LogP contribution in [0.5, 0.6) is 0 Å². The predicted octanol–water partition coefficient (Wildman–Crippen LogP) is 0.728. The summed E-state index contributed by atoms with van der Waals surface area (Å²) >= 11 is 0. The van der Waals surface area contributed by atoms with E-state index in [4.69, 9.17) is 4.74 Å².